The minimum Gasteiger partial charge on any atom is -0.291 e. The molecule has 0 radical (unpaired) electrons. The normalized spacial score (nSPS) is 15.3. The molecule has 0 aliphatic carbocycles. The molecule has 1 aromatic carbocycles. The van der Waals surface area contributed by atoms with Crippen LogP contribution in [0.25, 0.3) is 0 Å². The van der Waals surface area contributed by atoms with Crippen LogP contribution in [0.1, 0.15) is 23.7 Å². The smallest absolute Gasteiger partial charge is 0.194 e. The fourth-order valence-electron chi connectivity index (χ4n) is 1.41. The van der Waals surface area contributed by atoms with E-state index in [1.54, 1.807) is 6.92 Å². The SMILES string of the molecule is CC[C@](Br)(C(=O)c1ccc(F)cc1)S(C)(=O)=O. The molecule has 0 spiro atoms. The Morgan fingerprint density at radius 1 is 1.35 bits per heavy atom. The number of carbonyl (C=O) groups is 1. The molecule has 94 valence electrons. The van der Waals surface area contributed by atoms with Crippen molar-refractivity contribution in [1.29, 1.82) is 0 Å². The van der Waals surface area contributed by atoms with Crippen LogP contribution in [-0.4, -0.2) is 24.1 Å². The Bertz CT molecular complexity index is 524. The maximum Gasteiger partial charge on any atom is 0.194 e. The molecule has 6 heteroatoms. The van der Waals surface area contributed by atoms with Crippen molar-refractivity contribution in [2.75, 3.05) is 6.26 Å². The van der Waals surface area contributed by atoms with Crippen LogP contribution in [0, 0.1) is 5.82 Å². The lowest BCUT2D eigenvalue weighted by molar-refractivity contribution is 0.0976. The lowest BCUT2D eigenvalue weighted by Crippen LogP contribution is -2.39. The van der Waals surface area contributed by atoms with E-state index >= 15 is 0 Å². The van der Waals surface area contributed by atoms with E-state index in [-0.39, 0.29) is 12.0 Å². The molecule has 0 bridgehead atoms. The second kappa shape index (κ2) is 4.86. The molecular weight excluding hydrogens is 311 g/mol. The van der Waals surface area contributed by atoms with Gasteiger partial charge >= 0.3 is 0 Å². The number of hydrogen-bond donors (Lipinski definition) is 0. The van der Waals surface area contributed by atoms with Gasteiger partial charge in [-0.1, -0.05) is 22.9 Å². The summed E-state index contributed by atoms with van der Waals surface area (Å²) in [6.45, 7) is 1.59. The highest BCUT2D eigenvalue weighted by atomic mass is 79.9. The molecule has 0 aliphatic heterocycles. The first-order chi connectivity index (χ1) is 7.72. The van der Waals surface area contributed by atoms with Crippen molar-refractivity contribution in [3.8, 4) is 0 Å². The molecule has 1 aromatic rings. The zero-order valence-electron chi connectivity index (χ0n) is 9.41. The number of alkyl halides is 1. The second-order valence-corrected chi connectivity index (χ2v) is 7.81. The standard InChI is InChI=1S/C11H12BrFO3S/c1-3-11(12,17(2,15)16)10(14)8-4-6-9(13)7-5-8/h4-7H,3H2,1-2H3/t11-/m1/s1. The number of Topliss-reactive ketones (excluding diaryl/α,β-unsaturated/α-hetero) is 1. The van der Waals surface area contributed by atoms with E-state index in [4.69, 9.17) is 0 Å². The zero-order valence-corrected chi connectivity index (χ0v) is 11.8. The highest BCUT2D eigenvalue weighted by Gasteiger charge is 2.44. The van der Waals surface area contributed by atoms with E-state index in [0.29, 0.717) is 0 Å². The predicted molar refractivity (Wildman–Crippen MR) is 67.5 cm³/mol. The number of rotatable bonds is 4. The molecular formula is C11H12BrFO3S. The van der Waals surface area contributed by atoms with Crippen LogP contribution in [-0.2, 0) is 9.84 Å². The number of ketones is 1. The number of hydrogen-bond acceptors (Lipinski definition) is 3. The van der Waals surface area contributed by atoms with Gasteiger partial charge < -0.3 is 0 Å². The lowest BCUT2D eigenvalue weighted by atomic mass is 10.1. The molecule has 0 heterocycles. The van der Waals surface area contributed by atoms with Gasteiger partial charge in [-0.3, -0.25) is 4.79 Å². The van der Waals surface area contributed by atoms with E-state index in [2.05, 4.69) is 15.9 Å². The molecule has 0 saturated carbocycles. The topological polar surface area (TPSA) is 51.2 Å². The zero-order chi connectivity index (χ0) is 13.3. The second-order valence-electron chi connectivity index (χ2n) is 3.69. The van der Waals surface area contributed by atoms with Gasteiger partial charge in [0.1, 0.15) is 5.82 Å². The Labute approximate surface area is 108 Å². The molecule has 0 amide bonds. The van der Waals surface area contributed by atoms with Gasteiger partial charge in [0.05, 0.1) is 0 Å². The van der Waals surface area contributed by atoms with Crippen molar-refractivity contribution in [2.45, 2.75) is 17.0 Å². The first kappa shape index (κ1) is 14.3. The third-order valence-electron chi connectivity index (χ3n) is 2.49. The van der Waals surface area contributed by atoms with Crippen LogP contribution in [0.2, 0.25) is 0 Å². The minimum absolute atomic E-state index is 0.0992. The summed E-state index contributed by atoms with van der Waals surface area (Å²) in [5, 5.41) is 0. The van der Waals surface area contributed by atoms with Gasteiger partial charge in [0.25, 0.3) is 0 Å². The largest absolute Gasteiger partial charge is 0.291 e. The van der Waals surface area contributed by atoms with Crippen LogP contribution >= 0.6 is 15.9 Å². The van der Waals surface area contributed by atoms with E-state index in [1.807, 2.05) is 0 Å². The Morgan fingerprint density at radius 2 is 1.82 bits per heavy atom. The number of benzene rings is 1. The van der Waals surface area contributed by atoms with Crippen molar-refractivity contribution in [3.05, 3.63) is 35.6 Å². The van der Waals surface area contributed by atoms with Crippen molar-refractivity contribution in [1.82, 2.24) is 0 Å². The van der Waals surface area contributed by atoms with Gasteiger partial charge in [0, 0.05) is 11.8 Å². The molecule has 0 aliphatic rings. The van der Waals surface area contributed by atoms with Crippen LogP contribution in [0.15, 0.2) is 24.3 Å². The molecule has 0 unspecified atom stereocenters. The highest BCUT2D eigenvalue weighted by molar-refractivity contribution is 9.12. The van der Waals surface area contributed by atoms with Crippen molar-refractivity contribution in [3.63, 3.8) is 0 Å². The summed E-state index contributed by atoms with van der Waals surface area (Å²) >= 11 is 2.99. The minimum atomic E-state index is -3.60. The predicted octanol–water partition coefficient (Wildman–Crippen LogP) is 2.55. The Balaban J connectivity index is 3.24. The molecule has 3 nitrogen and oxygen atoms in total. The Hall–Kier alpha value is -0.750. The lowest BCUT2D eigenvalue weighted by Gasteiger charge is -2.22. The summed E-state index contributed by atoms with van der Waals surface area (Å²) in [5.74, 6) is -1.06. The van der Waals surface area contributed by atoms with Crippen molar-refractivity contribution >= 4 is 31.6 Å². The van der Waals surface area contributed by atoms with Crippen LogP contribution in [0.4, 0.5) is 4.39 Å². The van der Waals surface area contributed by atoms with E-state index in [0.717, 1.165) is 18.4 Å². The summed E-state index contributed by atoms with van der Waals surface area (Å²) in [7, 11) is -3.60. The molecule has 17 heavy (non-hydrogen) atoms. The number of sulfone groups is 1. The number of carbonyl (C=O) groups excluding carboxylic acids is 1. The fourth-order valence-corrected chi connectivity index (χ4v) is 2.62. The van der Waals surface area contributed by atoms with Gasteiger partial charge in [-0.25, -0.2) is 12.8 Å². The molecule has 1 atom stereocenters. The van der Waals surface area contributed by atoms with E-state index in [1.165, 1.54) is 12.1 Å². The molecule has 0 aromatic heterocycles. The first-order valence-corrected chi connectivity index (χ1v) is 7.59. The average molecular weight is 323 g/mol. The monoisotopic (exact) mass is 322 g/mol. The maximum atomic E-state index is 12.7. The highest BCUT2D eigenvalue weighted by Crippen LogP contribution is 2.32. The molecule has 0 N–H and O–H groups in total. The summed E-state index contributed by atoms with van der Waals surface area (Å²) in [6, 6.07) is 4.79. The summed E-state index contributed by atoms with van der Waals surface area (Å²) in [6.07, 6.45) is 1.09. The summed E-state index contributed by atoms with van der Waals surface area (Å²) < 4.78 is 34.3. The summed E-state index contributed by atoms with van der Waals surface area (Å²) in [4.78, 5) is 12.1. The molecule has 0 saturated heterocycles. The first-order valence-electron chi connectivity index (χ1n) is 4.91. The van der Waals surface area contributed by atoms with Crippen LogP contribution < -0.4 is 0 Å². The van der Waals surface area contributed by atoms with Crippen molar-refractivity contribution < 1.29 is 17.6 Å². The van der Waals surface area contributed by atoms with E-state index in [9.17, 15) is 17.6 Å². The molecule has 1 rings (SSSR count). The van der Waals surface area contributed by atoms with Crippen LogP contribution in [0.5, 0.6) is 0 Å². The average Bonchev–Trinajstić information content (AvgIpc) is 2.26. The Kier molecular flexibility index (Phi) is 4.09. The van der Waals surface area contributed by atoms with E-state index < -0.39 is 25.1 Å². The summed E-state index contributed by atoms with van der Waals surface area (Å²) in [5.41, 5.74) is 0.163. The van der Waals surface area contributed by atoms with Gasteiger partial charge in [-0.05, 0) is 30.7 Å². The fraction of sp³-hybridized carbons (Fsp3) is 0.364. The third-order valence-corrected chi connectivity index (χ3v) is 6.82. The quantitative estimate of drug-likeness (QED) is 0.632. The molecule has 0 fully saturated rings. The van der Waals surface area contributed by atoms with Gasteiger partial charge in [0.15, 0.2) is 19.3 Å². The Morgan fingerprint density at radius 3 is 2.18 bits per heavy atom. The van der Waals surface area contributed by atoms with Gasteiger partial charge in [-0.2, -0.15) is 0 Å². The van der Waals surface area contributed by atoms with Crippen LogP contribution in [0.3, 0.4) is 0 Å². The van der Waals surface area contributed by atoms with Gasteiger partial charge in [-0.15, -0.1) is 0 Å². The third kappa shape index (κ3) is 2.74. The maximum absolute atomic E-state index is 12.7. The number of halogens is 2. The van der Waals surface area contributed by atoms with Crippen molar-refractivity contribution in [2.24, 2.45) is 0 Å². The van der Waals surface area contributed by atoms with Gasteiger partial charge in [0.2, 0.25) is 0 Å².